The van der Waals surface area contributed by atoms with Crippen LogP contribution >= 0.6 is 34.8 Å². The highest BCUT2D eigenvalue weighted by Gasteiger charge is 2.13. The largest absolute Gasteiger partial charge is 0.487 e. The fourth-order valence-corrected chi connectivity index (χ4v) is 2.20. The van der Waals surface area contributed by atoms with Gasteiger partial charge in [-0.15, -0.1) is 0 Å². The molecule has 2 aromatic carbocycles. The molecule has 0 saturated carbocycles. The molecule has 2 N–H and O–H groups in total. The summed E-state index contributed by atoms with van der Waals surface area (Å²) in [6, 6.07) is 7.38. The molecule has 0 aliphatic carbocycles. The molecule has 0 amide bonds. The van der Waals surface area contributed by atoms with E-state index in [1.54, 1.807) is 6.07 Å². The van der Waals surface area contributed by atoms with E-state index in [0.717, 1.165) is 0 Å². The highest BCUT2D eigenvalue weighted by atomic mass is 35.5. The third-order valence-corrected chi connectivity index (χ3v) is 3.68. The van der Waals surface area contributed by atoms with Crippen molar-refractivity contribution in [3.8, 4) is 5.75 Å². The molecule has 0 atom stereocenters. The van der Waals surface area contributed by atoms with E-state index >= 15 is 0 Å². The van der Waals surface area contributed by atoms with Crippen molar-refractivity contribution in [2.75, 3.05) is 5.73 Å². The molecular formula is C13H9Cl3N2O3. The molecule has 0 aliphatic heterocycles. The van der Waals surface area contributed by atoms with Gasteiger partial charge in [-0.2, -0.15) is 0 Å². The van der Waals surface area contributed by atoms with Gasteiger partial charge in [0.1, 0.15) is 18.0 Å². The van der Waals surface area contributed by atoms with Crippen LogP contribution in [-0.2, 0) is 6.61 Å². The molecule has 5 nitrogen and oxygen atoms in total. The summed E-state index contributed by atoms with van der Waals surface area (Å²) >= 11 is 17.7. The molecule has 0 radical (unpaired) electrons. The SMILES string of the molecule is Nc1ccc(COc2cc(Cl)c(Cl)cc2Cl)cc1[N+](=O)[O-]. The number of nitrogens with two attached hydrogens (primary N) is 1. The molecule has 0 bridgehead atoms. The number of rotatable bonds is 4. The van der Waals surface area contributed by atoms with Crippen LogP contribution in [0.15, 0.2) is 30.3 Å². The highest BCUT2D eigenvalue weighted by Crippen LogP contribution is 2.34. The Labute approximate surface area is 135 Å². The van der Waals surface area contributed by atoms with E-state index in [9.17, 15) is 10.1 Å². The van der Waals surface area contributed by atoms with E-state index in [0.29, 0.717) is 26.4 Å². The van der Waals surface area contributed by atoms with Crippen LogP contribution in [-0.4, -0.2) is 4.92 Å². The standard InChI is InChI=1S/C13H9Cl3N2O3/c14-8-4-10(16)13(5-9(8)15)21-6-7-1-2-11(17)12(3-7)18(19)20/h1-5H,6,17H2. The molecular weight excluding hydrogens is 339 g/mol. The Kier molecular flexibility index (Phi) is 4.77. The van der Waals surface area contributed by atoms with E-state index in [-0.39, 0.29) is 18.0 Å². The molecule has 0 saturated heterocycles. The summed E-state index contributed by atoms with van der Waals surface area (Å²) in [5, 5.41) is 11.7. The minimum atomic E-state index is -0.551. The lowest BCUT2D eigenvalue weighted by molar-refractivity contribution is -0.384. The van der Waals surface area contributed by atoms with Crippen LogP contribution in [0, 0.1) is 10.1 Å². The van der Waals surface area contributed by atoms with Crippen LogP contribution < -0.4 is 10.5 Å². The first-order valence-electron chi connectivity index (χ1n) is 5.68. The van der Waals surface area contributed by atoms with Gasteiger partial charge < -0.3 is 10.5 Å². The van der Waals surface area contributed by atoms with Crippen molar-refractivity contribution in [2.24, 2.45) is 0 Å². The topological polar surface area (TPSA) is 78.4 Å². The zero-order chi connectivity index (χ0) is 15.6. The Morgan fingerprint density at radius 1 is 1.10 bits per heavy atom. The Bertz CT molecular complexity index is 707. The van der Waals surface area contributed by atoms with Crippen molar-refractivity contribution in [1.29, 1.82) is 0 Å². The van der Waals surface area contributed by atoms with Crippen LogP contribution in [0.25, 0.3) is 0 Å². The van der Waals surface area contributed by atoms with Crippen molar-refractivity contribution < 1.29 is 9.66 Å². The van der Waals surface area contributed by atoms with Gasteiger partial charge in [0.25, 0.3) is 5.69 Å². The van der Waals surface area contributed by atoms with Gasteiger partial charge in [0.15, 0.2) is 0 Å². The summed E-state index contributed by atoms with van der Waals surface area (Å²) in [7, 11) is 0. The Morgan fingerprint density at radius 3 is 2.43 bits per heavy atom. The molecule has 0 aromatic heterocycles. The van der Waals surface area contributed by atoms with Gasteiger partial charge >= 0.3 is 0 Å². The maximum absolute atomic E-state index is 10.8. The smallest absolute Gasteiger partial charge is 0.292 e. The zero-order valence-corrected chi connectivity index (χ0v) is 12.7. The van der Waals surface area contributed by atoms with E-state index in [1.807, 2.05) is 0 Å². The van der Waals surface area contributed by atoms with Crippen molar-refractivity contribution in [1.82, 2.24) is 0 Å². The van der Waals surface area contributed by atoms with Gasteiger partial charge in [-0.1, -0.05) is 40.9 Å². The number of ether oxygens (including phenoxy) is 1. The number of hydrogen-bond donors (Lipinski definition) is 1. The monoisotopic (exact) mass is 346 g/mol. The van der Waals surface area contributed by atoms with Crippen molar-refractivity contribution in [2.45, 2.75) is 6.61 Å². The van der Waals surface area contributed by atoms with Gasteiger partial charge in [0, 0.05) is 12.1 Å². The number of nitrogen functional groups attached to an aromatic ring is 1. The molecule has 2 aromatic rings. The minimum Gasteiger partial charge on any atom is -0.487 e. The summed E-state index contributed by atoms with van der Waals surface area (Å²) in [4.78, 5) is 10.3. The highest BCUT2D eigenvalue weighted by molar-refractivity contribution is 6.43. The Hall–Kier alpha value is -1.69. The normalized spacial score (nSPS) is 10.4. The Balaban J connectivity index is 2.19. The second kappa shape index (κ2) is 6.39. The minimum absolute atomic E-state index is 0.0821. The predicted molar refractivity (Wildman–Crippen MR) is 83.3 cm³/mol. The molecule has 110 valence electrons. The number of nitro groups is 1. The number of halogens is 3. The summed E-state index contributed by atoms with van der Waals surface area (Å²) in [5.41, 5.74) is 6.03. The molecule has 2 rings (SSSR count). The maximum Gasteiger partial charge on any atom is 0.292 e. The summed E-state index contributed by atoms with van der Waals surface area (Å²) in [5.74, 6) is 0.338. The van der Waals surface area contributed by atoms with Crippen LogP contribution in [0.5, 0.6) is 5.75 Å². The fraction of sp³-hybridized carbons (Fsp3) is 0.0769. The summed E-state index contributed by atoms with van der Waals surface area (Å²) in [6.07, 6.45) is 0. The van der Waals surface area contributed by atoms with Crippen molar-refractivity contribution in [3.05, 3.63) is 61.1 Å². The first-order valence-corrected chi connectivity index (χ1v) is 6.82. The molecule has 21 heavy (non-hydrogen) atoms. The van der Waals surface area contributed by atoms with Crippen LogP contribution in [0.2, 0.25) is 15.1 Å². The van der Waals surface area contributed by atoms with Crippen molar-refractivity contribution >= 4 is 46.2 Å². The fourth-order valence-electron chi connectivity index (χ4n) is 1.61. The number of nitro benzene ring substituents is 1. The number of anilines is 1. The van der Waals surface area contributed by atoms with Crippen LogP contribution in [0.1, 0.15) is 5.56 Å². The number of nitrogens with zero attached hydrogens (tertiary/aromatic N) is 1. The van der Waals surface area contributed by atoms with E-state index in [1.165, 1.54) is 24.3 Å². The van der Waals surface area contributed by atoms with E-state index < -0.39 is 4.92 Å². The predicted octanol–water partition coefficient (Wildman–Crippen LogP) is 4.72. The first-order chi connectivity index (χ1) is 9.88. The molecule has 8 heteroatoms. The average Bonchev–Trinajstić information content (AvgIpc) is 2.42. The molecule has 0 unspecified atom stereocenters. The van der Waals surface area contributed by atoms with Gasteiger partial charge in [-0.05, 0) is 17.7 Å². The lowest BCUT2D eigenvalue weighted by Crippen LogP contribution is -2.00. The maximum atomic E-state index is 10.8. The number of benzene rings is 2. The zero-order valence-electron chi connectivity index (χ0n) is 10.5. The molecule has 0 fully saturated rings. The van der Waals surface area contributed by atoms with E-state index in [2.05, 4.69) is 0 Å². The summed E-state index contributed by atoms with van der Waals surface area (Å²) in [6.45, 7) is 0.0821. The van der Waals surface area contributed by atoms with Gasteiger partial charge in [-0.3, -0.25) is 10.1 Å². The Morgan fingerprint density at radius 2 is 1.76 bits per heavy atom. The van der Waals surface area contributed by atoms with Crippen LogP contribution in [0.4, 0.5) is 11.4 Å². The molecule has 0 heterocycles. The number of hydrogen-bond acceptors (Lipinski definition) is 4. The molecule has 0 aliphatic rings. The second-order valence-electron chi connectivity index (χ2n) is 4.14. The lowest BCUT2D eigenvalue weighted by atomic mass is 10.2. The van der Waals surface area contributed by atoms with Gasteiger partial charge in [-0.25, -0.2) is 0 Å². The van der Waals surface area contributed by atoms with Crippen molar-refractivity contribution in [3.63, 3.8) is 0 Å². The third-order valence-electron chi connectivity index (χ3n) is 2.66. The average molecular weight is 348 g/mol. The second-order valence-corrected chi connectivity index (χ2v) is 5.36. The quantitative estimate of drug-likeness (QED) is 0.376. The third kappa shape index (κ3) is 3.69. The van der Waals surface area contributed by atoms with E-state index in [4.69, 9.17) is 45.3 Å². The summed E-state index contributed by atoms with van der Waals surface area (Å²) < 4.78 is 5.49. The first kappa shape index (κ1) is 15.7. The van der Waals surface area contributed by atoms with Crippen LogP contribution in [0.3, 0.4) is 0 Å². The molecule has 0 spiro atoms. The lowest BCUT2D eigenvalue weighted by Gasteiger charge is -2.09. The van der Waals surface area contributed by atoms with Gasteiger partial charge in [0.2, 0.25) is 0 Å². The van der Waals surface area contributed by atoms with Gasteiger partial charge in [0.05, 0.1) is 20.0 Å².